The number of aliphatic carboxylic acids is 1. The van der Waals surface area contributed by atoms with Crippen LogP contribution < -0.4 is 5.32 Å². The molecule has 1 aliphatic rings. The molecule has 0 aromatic carbocycles. The van der Waals surface area contributed by atoms with Crippen molar-refractivity contribution in [2.75, 3.05) is 26.7 Å². The molecule has 0 spiro atoms. The number of amides is 2. The first-order valence-electron chi connectivity index (χ1n) is 6.34. The normalized spacial score (nSPS) is 18.2. The van der Waals surface area contributed by atoms with Gasteiger partial charge in [0, 0.05) is 26.1 Å². The van der Waals surface area contributed by atoms with Gasteiger partial charge < -0.3 is 20.1 Å². The van der Waals surface area contributed by atoms with Crippen LogP contribution in [-0.4, -0.2) is 54.7 Å². The lowest BCUT2D eigenvalue weighted by atomic mass is 10.0. The number of methoxy groups -OCH3 is 1. The number of nitrogens with zero attached hydrogens (tertiary/aromatic N) is 1. The Morgan fingerprint density at radius 1 is 1.37 bits per heavy atom. The first kappa shape index (κ1) is 15.3. The molecule has 0 aromatic heterocycles. The van der Waals surface area contributed by atoms with E-state index < -0.39 is 5.97 Å². The number of likely N-dealkylation sites (tertiary alicyclic amines) is 1. The second kappa shape index (κ2) is 7.60. The lowest BCUT2D eigenvalue weighted by Crippen LogP contribution is -2.39. The molecule has 0 aromatic rings. The standard InChI is InChI=1S/C12H20N2O5/c1-19-11(17)4-6-13-12(18)14-7-5-9(8-14)2-3-10(15)16/h9H,2-8H2,1H3,(H,13,18)(H,15,16). The van der Waals surface area contributed by atoms with Crippen molar-refractivity contribution in [2.24, 2.45) is 5.92 Å². The molecule has 0 aliphatic carbocycles. The van der Waals surface area contributed by atoms with Gasteiger partial charge in [-0.1, -0.05) is 0 Å². The van der Waals surface area contributed by atoms with Gasteiger partial charge in [-0.25, -0.2) is 4.79 Å². The number of carbonyl (C=O) groups is 3. The van der Waals surface area contributed by atoms with Gasteiger partial charge in [0.25, 0.3) is 0 Å². The molecule has 1 unspecified atom stereocenters. The molecule has 1 atom stereocenters. The minimum atomic E-state index is -0.805. The Morgan fingerprint density at radius 3 is 2.74 bits per heavy atom. The number of carbonyl (C=O) groups excluding carboxylic acids is 2. The maximum atomic E-state index is 11.7. The fourth-order valence-corrected chi connectivity index (χ4v) is 2.07. The van der Waals surface area contributed by atoms with E-state index in [1.807, 2.05) is 0 Å². The Kier molecular flexibility index (Phi) is 6.11. The van der Waals surface area contributed by atoms with Gasteiger partial charge in [0.1, 0.15) is 0 Å². The number of esters is 1. The maximum Gasteiger partial charge on any atom is 0.317 e. The first-order valence-corrected chi connectivity index (χ1v) is 6.34. The molecular formula is C12H20N2O5. The Bertz CT molecular complexity index is 345. The summed E-state index contributed by atoms with van der Waals surface area (Å²) >= 11 is 0. The van der Waals surface area contributed by atoms with Crippen molar-refractivity contribution in [3.8, 4) is 0 Å². The van der Waals surface area contributed by atoms with Crippen molar-refractivity contribution in [1.82, 2.24) is 10.2 Å². The fraction of sp³-hybridized carbons (Fsp3) is 0.750. The molecule has 7 nitrogen and oxygen atoms in total. The minimum absolute atomic E-state index is 0.141. The second-order valence-corrected chi connectivity index (χ2v) is 4.59. The third kappa shape index (κ3) is 5.58. The molecule has 1 saturated heterocycles. The van der Waals surface area contributed by atoms with E-state index in [9.17, 15) is 14.4 Å². The smallest absolute Gasteiger partial charge is 0.317 e. The Hall–Kier alpha value is -1.79. The molecule has 2 amide bonds. The summed E-state index contributed by atoms with van der Waals surface area (Å²) in [6.07, 6.45) is 1.72. The summed E-state index contributed by atoms with van der Waals surface area (Å²) in [5.74, 6) is -0.913. The van der Waals surface area contributed by atoms with Gasteiger partial charge in [-0.3, -0.25) is 9.59 Å². The molecule has 1 rings (SSSR count). The number of carboxylic acid groups (broad SMARTS) is 1. The highest BCUT2D eigenvalue weighted by Crippen LogP contribution is 2.20. The maximum absolute atomic E-state index is 11.7. The van der Waals surface area contributed by atoms with Gasteiger partial charge in [-0.15, -0.1) is 0 Å². The van der Waals surface area contributed by atoms with Crippen molar-refractivity contribution < 1.29 is 24.2 Å². The van der Waals surface area contributed by atoms with Gasteiger partial charge in [-0.2, -0.15) is 0 Å². The summed E-state index contributed by atoms with van der Waals surface area (Å²) in [6, 6.07) is -0.207. The van der Waals surface area contributed by atoms with Gasteiger partial charge >= 0.3 is 18.0 Å². The Morgan fingerprint density at radius 2 is 2.11 bits per heavy atom. The average Bonchev–Trinajstić information content (AvgIpc) is 2.84. The molecule has 19 heavy (non-hydrogen) atoms. The monoisotopic (exact) mass is 272 g/mol. The summed E-state index contributed by atoms with van der Waals surface area (Å²) in [5, 5.41) is 11.2. The zero-order valence-electron chi connectivity index (χ0n) is 11.1. The predicted octanol–water partition coefficient (Wildman–Crippen LogP) is 0.446. The van der Waals surface area contributed by atoms with Crippen molar-refractivity contribution >= 4 is 18.0 Å². The van der Waals surface area contributed by atoms with E-state index in [1.54, 1.807) is 4.90 Å². The highest BCUT2D eigenvalue weighted by atomic mass is 16.5. The highest BCUT2D eigenvalue weighted by Gasteiger charge is 2.26. The van der Waals surface area contributed by atoms with E-state index >= 15 is 0 Å². The number of ether oxygens (including phenoxy) is 1. The highest BCUT2D eigenvalue weighted by molar-refractivity contribution is 5.75. The zero-order chi connectivity index (χ0) is 14.3. The van der Waals surface area contributed by atoms with Gasteiger partial charge in [0.05, 0.1) is 13.5 Å². The predicted molar refractivity (Wildman–Crippen MR) is 66.6 cm³/mol. The van der Waals surface area contributed by atoms with Gasteiger partial charge in [0.2, 0.25) is 0 Å². The molecule has 7 heteroatoms. The average molecular weight is 272 g/mol. The minimum Gasteiger partial charge on any atom is -0.481 e. The summed E-state index contributed by atoms with van der Waals surface area (Å²) in [5.41, 5.74) is 0. The molecule has 0 bridgehead atoms. The molecule has 1 fully saturated rings. The number of rotatable bonds is 6. The molecule has 0 saturated carbocycles. The van der Waals surface area contributed by atoms with Crippen LogP contribution in [0, 0.1) is 5.92 Å². The van der Waals surface area contributed by atoms with E-state index in [4.69, 9.17) is 5.11 Å². The molecule has 1 heterocycles. The van der Waals surface area contributed by atoms with Crippen LogP contribution >= 0.6 is 0 Å². The Balaban J connectivity index is 2.20. The van der Waals surface area contributed by atoms with E-state index in [-0.39, 0.29) is 37.3 Å². The molecule has 2 N–H and O–H groups in total. The molecule has 1 aliphatic heterocycles. The van der Waals surface area contributed by atoms with Crippen molar-refractivity contribution in [3.05, 3.63) is 0 Å². The summed E-state index contributed by atoms with van der Waals surface area (Å²) in [7, 11) is 1.30. The number of hydrogen-bond acceptors (Lipinski definition) is 4. The number of carboxylic acids is 1. The summed E-state index contributed by atoms with van der Waals surface area (Å²) in [6.45, 7) is 1.47. The quantitative estimate of drug-likeness (QED) is 0.684. The van der Waals surface area contributed by atoms with Crippen LogP contribution in [0.2, 0.25) is 0 Å². The number of hydrogen-bond donors (Lipinski definition) is 2. The van der Waals surface area contributed by atoms with Crippen LogP contribution in [0.5, 0.6) is 0 Å². The molecule has 0 radical (unpaired) electrons. The first-order chi connectivity index (χ1) is 9.02. The fourth-order valence-electron chi connectivity index (χ4n) is 2.07. The lowest BCUT2D eigenvalue weighted by Gasteiger charge is -2.17. The topological polar surface area (TPSA) is 95.9 Å². The van der Waals surface area contributed by atoms with Crippen molar-refractivity contribution in [3.63, 3.8) is 0 Å². The van der Waals surface area contributed by atoms with E-state index in [0.29, 0.717) is 19.5 Å². The Labute approximate surface area is 111 Å². The lowest BCUT2D eigenvalue weighted by molar-refractivity contribution is -0.140. The third-order valence-electron chi connectivity index (χ3n) is 3.17. The van der Waals surface area contributed by atoms with Crippen LogP contribution in [0.25, 0.3) is 0 Å². The van der Waals surface area contributed by atoms with Gasteiger partial charge in [-0.05, 0) is 18.8 Å². The SMILES string of the molecule is COC(=O)CCNC(=O)N1CCC(CCC(=O)O)C1. The molecular weight excluding hydrogens is 252 g/mol. The van der Waals surface area contributed by atoms with Crippen LogP contribution in [0.15, 0.2) is 0 Å². The summed E-state index contributed by atoms with van der Waals surface area (Å²) in [4.78, 5) is 34.7. The van der Waals surface area contributed by atoms with Crippen molar-refractivity contribution in [1.29, 1.82) is 0 Å². The van der Waals surface area contributed by atoms with Gasteiger partial charge in [0.15, 0.2) is 0 Å². The zero-order valence-corrected chi connectivity index (χ0v) is 11.1. The van der Waals surface area contributed by atoms with E-state index in [2.05, 4.69) is 10.1 Å². The largest absolute Gasteiger partial charge is 0.481 e. The number of nitrogens with one attached hydrogen (secondary N) is 1. The van der Waals surface area contributed by atoms with Crippen molar-refractivity contribution in [2.45, 2.75) is 25.7 Å². The number of urea groups is 1. The van der Waals surface area contributed by atoms with Crippen LogP contribution in [-0.2, 0) is 14.3 Å². The second-order valence-electron chi connectivity index (χ2n) is 4.59. The third-order valence-corrected chi connectivity index (χ3v) is 3.17. The van der Waals surface area contributed by atoms with E-state index in [1.165, 1.54) is 7.11 Å². The van der Waals surface area contributed by atoms with Crippen LogP contribution in [0.3, 0.4) is 0 Å². The van der Waals surface area contributed by atoms with Crippen LogP contribution in [0.1, 0.15) is 25.7 Å². The van der Waals surface area contributed by atoms with Crippen LogP contribution in [0.4, 0.5) is 4.79 Å². The summed E-state index contributed by atoms with van der Waals surface area (Å²) < 4.78 is 4.47. The van der Waals surface area contributed by atoms with E-state index in [0.717, 1.165) is 6.42 Å². The molecule has 108 valence electrons.